The summed E-state index contributed by atoms with van der Waals surface area (Å²) in [6, 6.07) is 12.1. The highest BCUT2D eigenvalue weighted by molar-refractivity contribution is 5.16. The molecule has 1 aliphatic rings. The Labute approximate surface area is 124 Å². The van der Waals surface area contributed by atoms with Crippen molar-refractivity contribution >= 4 is 0 Å². The standard InChI is InChI=1S/C17H29N3/c1-15-13-18-17(12-16-8-5-4-6-9-16)14-20(15)11-7-10-19(2)3/h4-6,8-9,15,17-18H,7,10-14H2,1-3H3. The summed E-state index contributed by atoms with van der Waals surface area (Å²) < 4.78 is 0. The maximum atomic E-state index is 3.69. The topological polar surface area (TPSA) is 18.5 Å². The van der Waals surface area contributed by atoms with Crippen LogP contribution >= 0.6 is 0 Å². The minimum absolute atomic E-state index is 0.591. The first kappa shape index (κ1) is 15.5. The zero-order valence-electron chi connectivity index (χ0n) is 13.2. The van der Waals surface area contributed by atoms with Gasteiger partial charge in [-0.05, 0) is 52.5 Å². The van der Waals surface area contributed by atoms with Gasteiger partial charge in [0.25, 0.3) is 0 Å². The number of rotatable bonds is 6. The van der Waals surface area contributed by atoms with Gasteiger partial charge >= 0.3 is 0 Å². The lowest BCUT2D eigenvalue weighted by atomic mass is 10.0. The van der Waals surface area contributed by atoms with Crippen LogP contribution in [0.3, 0.4) is 0 Å². The Morgan fingerprint density at radius 1 is 1.25 bits per heavy atom. The van der Waals surface area contributed by atoms with E-state index in [9.17, 15) is 0 Å². The highest BCUT2D eigenvalue weighted by Crippen LogP contribution is 2.11. The van der Waals surface area contributed by atoms with Gasteiger partial charge in [-0.15, -0.1) is 0 Å². The smallest absolute Gasteiger partial charge is 0.0236 e. The van der Waals surface area contributed by atoms with Gasteiger partial charge in [0.15, 0.2) is 0 Å². The Balaban J connectivity index is 1.81. The van der Waals surface area contributed by atoms with Crippen molar-refractivity contribution in [1.82, 2.24) is 15.1 Å². The van der Waals surface area contributed by atoms with Crippen LogP contribution in [0.1, 0.15) is 18.9 Å². The van der Waals surface area contributed by atoms with Crippen LogP contribution in [0.15, 0.2) is 30.3 Å². The quantitative estimate of drug-likeness (QED) is 0.855. The van der Waals surface area contributed by atoms with E-state index in [2.05, 4.69) is 66.5 Å². The fourth-order valence-corrected chi connectivity index (χ4v) is 2.93. The molecule has 1 aromatic carbocycles. The molecule has 0 aromatic heterocycles. The highest BCUT2D eigenvalue weighted by atomic mass is 15.2. The van der Waals surface area contributed by atoms with Gasteiger partial charge in [0.1, 0.15) is 0 Å². The molecule has 0 amide bonds. The molecule has 1 N–H and O–H groups in total. The minimum Gasteiger partial charge on any atom is -0.311 e. The van der Waals surface area contributed by atoms with E-state index in [1.54, 1.807) is 0 Å². The van der Waals surface area contributed by atoms with E-state index in [1.807, 2.05) is 0 Å². The monoisotopic (exact) mass is 275 g/mol. The van der Waals surface area contributed by atoms with Crippen molar-refractivity contribution in [2.24, 2.45) is 0 Å². The Morgan fingerprint density at radius 3 is 2.70 bits per heavy atom. The molecule has 3 nitrogen and oxygen atoms in total. The van der Waals surface area contributed by atoms with Crippen LogP contribution in [0.25, 0.3) is 0 Å². The van der Waals surface area contributed by atoms with Gasteiger partial charge in [0.2, 0.25) is 0 Å². The molecule has 0 bridgehead atoms. The molecule has 2 rings (SSSR count). The lowest BCUT2D eigenvalue weighted by Gasteiger charge is -2.39. The van der Waals surface area contributed by atoms with Crippen molar-refractivity contribution < 1.29 is 0 Å². The van der Waals surface area contributed by atoms with Gasteiger partial charge < -0.3 is 10.2 Å². The highest BCUT2D eigenvalue weighted by Gasteiger charge is 2.24. The predicted molar refractivity (Wildman–Crippen MR) is 86.1 cm³/mol. The molecule has 0 radical (unpaired) electrons. The summed E-state index contributed by atoms with van der Waals surface area (Å²) in [5, 5.41) is 3.69. The van der Waals surface area contributed by atoms with Crippen LogP contribution in [0, 0.1) is 0 Å². The summed E-state index contributed by atoms with van der Waals surface area (Å²) >= 11 is 0. The number of benzene rings is 1. The number of piperazine rings is 1. The third-order valence-corrected chi connectivity index (χ3v) is 4.16. The molecule has 2 atom stereocenters. The molecule has 0 aliphatic carbocycles. The molecule has 1 fully saturated rings. The van der Waals surface area contributed by atoms with Gasteiger partial charge in [-0.25, -0.2) is 0 Å². The van der Waals surface area contributed by atoms with E-state index in [-0.39, 0.29) is 0 Å². The fourth-order valence-electron chi connectivity index (χ4n) is 2.93. The molecule has 3 heteroatoms. The third kappa shape index (κ3) is 4.89. The maximum absolute atomic E-state index is 3.69. The molecule has 0 spiro atoms. The summed E-state index contributed by atoms with van der Waals surface area (Å²) in [6.45, 7) is 7.01. The van der Waals surface area contributed by atoms with Gasteiger partial charge in [0, 0.05) is 25.2 Å². The maximum Gasteiger partial charge on any atom is 0.0236 e. The van der Waals surface area contributed by atoms with E-state index >= 15 is 0 Å². The van der Waals surface area contributed by atoms with E-state index < -0.39 is 0 Å². The minimum atomic E-state index is 0.591. The van der Waals surface area contributed by atoms with Crippen LogP contribution in [-0.2, 0) is 6.42 Å². The van der Waals surface area contributed by atoms with Crippen molar-refractivity contribution in [2.75, 3.05) is 40.3 Å². The summed E-state index contributed by atoms with van der Waals surface area (Å²) in [5.41, 5.74) is 1.44. The first-order valence-electron chi connectivity index (χ1n) is 7.81. The van der Waals surface area contributed by atoms with E-state index in [4.69, 9.17) is 0 Å². The molecular weight excluding hydrogens is 246 g/mol. The normalized spacial score (nSPS) is 24.2. The third-order valence-electron chi connectivity index (χ3n) is 4.16. The van der Waals surface area contributed by atoms with Crippen LogP contribution < -0.4 is 5.32 Å². The molecule has 0 saturated carbocycles. The van der Waals surface area contributed by atoms with Gasteiger partial charge in [-0.1, -0.05) is 30.3 Å². The Morgan fingerprint density at radius 2 is 2.00 bits per heavy atom. The Bertz CT molecular complexity index is 377. The SMILES string of the molecule is CC1CNC(Cc2ccccc2)CN1CCCN(C)C. The molecule has 20 heavy (non-hydrogen) atoms. The van der Waals surface area contributed by atoms with Crippen molar-refractivity contribution in [2.45, 2.75) is 31.8 Å². The second kappa shape index (κ2) is 7.77. The average Bonchev–Trinajstić information content (AvgIpc) is 2.43. The molecular formula is C17H29N3. The van der Waals surface area contributed by atoms with Crippen LogP contribution in [0.5, 0.6) is 0 Å². The molecule has 1 aliphatic heterocycles. The zero-order valence-corrected chi connectivity index (χ0v) is 13.2. The van der Waals surface area contributed by atoms with Crippen LogP contribution in [0.2, 0.25) is 0 Å². The number of hydrogen-bond acceptors (Lipinski definition) is 3. The summed E-state index contributed by atoms with van der Waals surface area (Å²) in [6.07, 6.45) is 2.40. The lowest BCUT2D eigenvalue weighted by Crippen LogP contribution is -2.56. The second-order valence-electron chi connectivity index (χ2n) is 6.30. The molecule has 1 saturated heterocycles. The van der Waals surface area contributed by atoms with Crippen LogP contribution in [0.4, 0.5) is 0 Å². The molecule has 1 aromatic rings. The molecule has 112 valence electrons. The summed E-state index contributed by atoms with van der Waals surface area (Å²) in [5.74, 6) is 0. The molecule has 1 heterocycles. The number of nitrogens with zero attached hydrogens (tertiary/aromatic N) is 2. The second-order valence-corrected chi connectivity index (χ2v) is 6.30. The van der Waals surface area contributed by atoms with Crippen molar-refractivity contribution in [1.29, 1.82) is 0 Å². The Kier molecular flexibility index (Phi) is 6.02. The number of nitrogens with one attached hydrogen (secondary N) is 1. The van der Waals surface area contributed by atoms with Crippen molar-refractivity contribution in [3.63, 3.8) is 0 Å². The van der Waals surface area contributed by atoms with Crippen molar-refractivity contribution in [3.05, 3.63) is 35.9 Å². The summed E-state index contributed by atoms with van der Waals surface area (Å²) in [4.78, 5) is 4.92. The first-order chi connectivity index (χ1) is 9.65. The average molecular weight is 275 g/mol. The zero-order chi connectivity index (χ0) is 14.4. The van der Waals surface area contributed by atoms with Crippen LogP contribution in [-0.4, -0.2) is 62.2 Å². The van der Waals surface area contributed by atoms with Crippen molar-refractivity contribution in [3.8, 4) is 0 Å². The number of hydrogen-bond donors (Lipinski definition) is 1. The summed E-state index contributed by atoms with van der Waals surface area (Å²) in [7, 11) is 4.30. The predicted octanol–water partition coefficient (Wildman–Crippen LogP) is 1.84. The largest absolute Gasteiger partial charge is 0.311 e. The van der Waals surface area contributed by atoms with E-state index in [0.29, 0.717) is 12.1 Å². The van der Waals surface area contributed by atoms with Gasteiger partial charge in [0.05, 0.1) is 0 Å². The van der Waals surface area contributed by atoms with E-state index in [1.165, 1.54) is 31.6 Å². The van der Waals surface area contributed by atoms with Gasteiger partial charge in [-0.3, -0.25) is 4.90 Å². The lowest BCUT2D eigenvalue weighted by molar-refractivity contribution is 0.135. The first-order valence-corrected chi connectivity index (χ1v) is 7.81. The molecule has 2 unspecified atom stereocenters. The Hall–Kier alpha value is -0.900. The fraction of sp³-hybridized carbons (Fsp3) is 0.647. The van der Waals surface area contributed by atoms with E-state index in [0.717, 1.165) is 13.0 Å². The van der Waals surface area contributed by atoms with Gasteiger partial charge in [-0.2, -0.15) is 0 Å².